The van der Waals surface area contributed by atoms with E-state index in [0.717, 1.165) is 27.6 Å². The highest BCUT2D eigenvalue weighted by Crippen LogP contribution is 2.35. The first kappa shape index (κ1) is 22.8. The fraction of sp³-hybridized carbons (Fsp3) is 0.115. The van der Waals surface area contributed by atoms with Crippen LogP contribution < -0.4 is 15.4 Å². The summed E-state index contributed by atoms with van der Waals surface area (Å²) in [5.74, 6) is 0.192. The number of benzene rings is 4. The molecule has 0 radical (unpaired) electrons. The molecule has 0 fully saturated rings. The summed E-state index contributed by atoms with van der Waals surface area (Å²) in [4.78, 5) is 12.4. The molecule has 5 nitrogen and oxygen atoms in total. The lowest BCUT2D eigenvalue weighted by atomic mass is 10.0. The number of hydrogen-bond acceptors (Lipinski definition) is 4. The Morgan fingerprint density at radius 3 is 2.36 bits per heavy atom. The number of anilines is 2. The van der Waals surface area contributed by atoms with E-state index in [1.54, 1.807) is 12.1 Å². The van der Waals surface area contributed by atoms with Crippen LogP contribution in [0.3, 0.4) is 0 Å². The summed E-state index contributed by atoms with van der Waals surface area (Å²) >= 11 is 12.1. The molecule has 0 aliphatic carbocycles. The maximum absolute atomic E-state index is 12.4. The number of halogens is 2. The number of fused-ring (bicyclic) bond motifs is 1. The number of nitrogens with one attached hydrogen (secondary N) is 2. The van der Waals surface area contributed by atoms with Gasteiger partial charge in [-0.3, -0.25) is 4.79 Å². The van der Waals surface area contributed by atoms with Crippen LogP contribution in [-0.4, -0.2) is 17.6 Å². The number of phenolic OH excluding ortho intramolecular Hbond substituents is 1. The van der Waals surface area contributed by atoms with Crippen LogP contribution in [0, 0.1) is 6.92 Å². The predicted octanol–water partition coefficient (Wildman–Crippen LogP) is 6.79. The number of carbonyl (C=O) groups is 1. The summed E-state index contributed by atoms with van der Waals surface area (Å²) in [6.45, 7) is 2.26. The van der Waals surface area contributed by atoms with Gasteiger partial charge in [-0.2, -0.15) is 0 Å². The fourth-order valence-corrected chi connectivity index (χ4v) is 3.96. The van der Waals surface area contributed by atoms with Gasteiger partial charge in [-0.05, 0) is 48.0 Å². The fourth-order valence-electron chi connectivity index (χ4n) is 3.47. The molecule has 4 rings (SSSR count). The van der Waals surface area contributed by atoms with Gasteiger partial charge in [0.1, 0.15) is 5.75 Å². The van der Waals surface area contributed by atoms with Gasteiger partial charge in [-0.15, -0.1) is 0 Å². The zero-order chi connectivity index (χ0) is 23.4. The van der Waals surface area contributed by atoms with E-state index in [0.29, 0.717) is 18.0 Å². The lowest BCUT2D eigenvalue weighted by Gasteiger charge is -2.16. The van der Waals surface area contributed by atoms with Crippen LogP contribution in [0.5, 0.6) is 11.5 Å². The number of aromatic hydroxyl groups is 1. The predicted molar refractivity (Wildman–Crippen MR) is 135 cm³/mol. The van der Waals surface area contributed by atoms with Crippen molar-refractivity contribution in [2.75, 3.05) is 17.2 Å². The van der Waals surface area contributed by atoms with E-state index in [9.17, 15) is 9.90 Å². The minimum atomic E-state index is -0.247. The van der Waals surface area contributed by atoms with Gasteiger partial charge in [0.15, 0.2) is 12.4 Å². The maximum Gasteiger partial charge on any atom is 0.262 e. The summed E-state index contributed by atoms with van der Waals surface area (Å²) in [5.41, 5.74) is 3.37. The molecule has 0 saturated heterocycles. The van der Waals surface area contributed by atoms with Crippen molar-refractivity contribution in [1.82, 2.24) is 0 Å². The van der Waals surface area contributed by atoms with Crippen LogP contribution in [0.15, 0.2) is 72.8 Å². The van der Waals surface area contributed by atoms with E-state index < -0.39 is 0 Å². The van der Waals surface area contributed by atoms with Crippen molar-refractivity contribution >= 4 is 51.3 Å². The van der Waals surface area contributed by atoms with Crippen molar-refractivity contribution in [3.05, 3.63) is 94.0 Å². The van der Waals surface area contributed by atoms with Crippen molar-refractivity contribution < 1.29 is 14.6 Å². The topological polar surface area (TPSA) is 70.6 Å². The van der Waals surface area contributed by atoms with E-state index in [2.05, 4.69) is 10.6 Å². The highest BCUT2D eigenvalue weighted by Gasteiger charge is 2.13. The number of amides is 1. The Hall–Kier alpha value is -3.41. The highest BCUT2D eigenvalue weighted by molar-refractivity contribution is 6.37. The Kier molecular flexibility index (Phi) is 6.92. The van der Waals surface area contributed by atoms with Crippen molar-refractivity contribution in [1.29, 1.82) is 0 Å². The first-order valence-electron chi connectivity index (χ1n) is 10.3. The SMILES string of the molecule is Cc1ccc(NC(=O)COc2ccc3ccccc3c2CNc2cc(Cl)c(O)c(Cl)c2)cc1. The summed E-state index contributed by atoms with van der Waals surface area (Å²) in [7, 11) is 0. The van der Waals surface area contributed by atoms with Gasteiger partial charge in [0.05, 0.1) is 10.0 Å². The summed E-state index contributed by atoms with van der Waals surface area (Å²) in [5, 5.41) is 18.3. The van der Waals surface area contributed by atoms with Crippen LogP contribution >= 0.6 is 23.2 Å². The number of aryl methyl sites for hydroxylation is 1. The Morgan fingerprint density at radius 2 is 1.64 bits per heavy atom. The monoisotopic (exact) mass is 480 g/mol. The molecule has 0 spiro atoms. The van der Waals surface area contributed by atoms with E-state index in [4.69, 9.17) is 27.9 Å². The standard InChI is InChI=1S/C26H22Cl2N2O3/c1-16-6-9-18(10-7-16)30-25(31)15-33-24-11-8-17-4-2-3-5-20(17)21(24)14-29-19-12-22(27)26(32)23(28)13-19/h2-13,29,32H,14-15H2,1H3,(H,30,31). The minimum absolute atomic E-state index is 0.129. The third-order valence-electron chi connectivity index (χ3n) is 5.18. The Labute approximate surface area is 201 Å². The largest absolute Gasteiger partial charge is 0.505 e. The zero-order valence-electron chi connectivity index (χ0n) is 17.9. The van der Waals surface area contributed by atoms with Crippen molar-refractivity contribution in [2.45, 2.75) is 13.5 Å². The molecule has 0 saturated carbocycles. The molecule has 0 aromatic heterocycles. The maximum atomic E-state index is 12.4. The lowest BCUT2D eigenvalue weighted by Crippen LogP contribution is -2.20. The molecular formula is C26H22Cl2N2O3. The van der Waals surface area contributed by atoms with Gasteiger partial charge in [0.2, 0.25) is 0 Å². The Balaban J connectivity index is 1.53. The average molecular weight is 481 g/mol. The van der Waals surface area contributed by atoms with Gasteiger partial charge in [-0.25, -0.2) is 0 Å². The zero-order valence-corrected chi connectivity index (χ0v) is 19.4. The second-order valence-electron chi connectivity index (χ2n) is 7.61. The number of carbonyl (C=O) groups excluding carboxylic acids is 1. The van der Waals surface area contributed by atoms with Crippen molar-refractivity contribution in [3.8, 4) is 11.5 Å². The normalized spacial score (nSPS) is 10.8. The average Bonchev–Trinajstić information content (AvgIpc) is 2.81. The van der Waals surface area contributed by atoms with Gasteiger partial charge in [0.25, 0.3) is 5.91 Å². The molecule has 7 heteroatoms. The van der Waals surface area contributed by atoms with E-state index >= 15 is 0 Å². The number of hydrogen-bond donors (Lipinski definition) is 3. The molecule has 0 aliphatic rings. The number of phenols is 1. The van der Waals surface area contributed by atoms with Gasteiger partial charge >= 0.3 is 0 Å². The molecule has 3 N–H and O–H groups in total. The van der Waals surface area contributed by atoms with E-state index in [1.807, 2.05) is 67.6 Å². The summed E-state index contributed by atoms with van der Waals surface area (Å²) < 4.78 is 5.91. The number of ether oxygens (including phenoxy) is 1. The second kappa shape index (κ2) is 10.0. The third-order valence-corrected chi connectivity index (χ3v) is 5.75. The molecule has 0 unspecified atom stereocenters. The van der Waals surface area contributed by atoms with Gasteiger partial charge in [-0.1, -0.05) is 71.2 Å². The Bertz CT molecular complexity index is 1280. The van der Waals surface area contributed by atoms with E-state index in [1.165, 1.54) is 0 Å². The van der Waals surface area contributed by atoms with Crippen LogP contribution in [0.2, 0.25) is 10.0 Å². The molecular weight excluding hydrogens is 459 g/mol. The minimum Gasteiger partial charge on any atom is -0.505 e. The molecule has 4 aromatic carbocycles. The second-order valence-corrected chi connectivity index (χ2v) is 8.42. The van der Waals surface area contributed by atoms with Crippen LogP contribution in [0.4, 0.5) is 11.4 Å². The van der Waals surface area contributed by atoms with Crippen LogP contribution in [-0.2, 0) is 11.3 Å². The summed E-state index contributed by atoms with van der Waals surface area (Å²) in [6, 6.07) is 22.5. The molecule has 33 heavy (non-hydrogen) atoms. The molecule has 0 atom stereocenters. The van der Waals surface area contributed by atoms with Crippen molar-refractivity contribution in [3.63, 3.8) is 0 Å². The summed E-state index contributed by atoms with van der Waals surface area (Å²) in [6.07, 6.45) is 0. The first-order valence-corrected chi connectivity index (χ1v) is 11.1. The smallest absolute Gasteiger partial charge is 0.262 e. The van der Waals surface area contributed by atoms with Gasteiger partial charge < -0.3 is 20.5 Å². The molecule has 1 amide bonds. The molecule has 0 aliphatic heterocycles. The van der Waals surface area contributed by atoms with Crippen LogP contribution in [0.25, 0.3) is 10.8 Å². The Morgan fingerprint density at radius 1 is 0.939 bits per heavy atom. The van der Waals surface area contributed by atoms with Crippen molar-refractivity contribution in [2.24, 2.45) is 0 Å². The first-order chi connectivity index (χ1) is 15.9. The highest BCUT2D eigenvalue weighted by atomic mass is 35.5. The molecule has 0 heterocycles. The van der Waals surface area contributed by atoms with E-state index in [-0.39, 0.29) is 28.3 Å². The molecule has 168 valence electrons. The number of rotatable bonds is 7. The lowest BCUT2D eigenvalue weighted by molar-refractivity contribution is -0.118. The molecule has 0 bridgehead atoms. The van der Waals surface area contributed by atoms with Gasteiger partial charge in [0, 0.05) is 23.5 Å². The quantitative estimate of drug-likeness (QED) is 0.254. The third kappa shape index (κ3) is 5.51. The molecule has 4 aromatic rings. The van der Waals surface area contributed by atoms with Crippen LogP contribution in [0.1, 0.15) is 11.1 Å².